The summed E-state index contributed by atoms with van der Waals surface area (Å²) in [5.41, 5.74) is 2.70. The van der Waals surface area contributed by atoms with Crippen LogP contribution < -0.4 is 19.6 Å². The van der Waals surface area contributed by atoms with Crippen LogP contribution in [0, 0.1) is 10.1 Å². The number of rotatable bonds is 9. The van der Waals surface area contributed by atoms with Crippen LogP contribution in [0.5, 0.6) is 17.2 Å². The first-order valence-corrected chi connectivity index (χ1v) is 11.3. The Morgan fingerprint density at radius 1 is 1.06 bits per heavy atom. The Morgan fingerprint density at radius 3 is 2.24 bits per heavy atom. The molecule has 0 aromatic heterocycles. The van der Waals surface area contributed by atoms with Crippen LogP contribution in [0.3, 0.4) is 0 Å². The van der Waals surface area contributed by atoms with Gasteiger partial charge >= 0.3 is 0 Å². The van der Waals surface area contributed by atoms with E-state index in [2.05, 4.69) is 15.2 Å². The van der Waals surface area contributed by atoms with Gasteiger partial charge in [0.05, 0.1) is 30.3 Å². The van der Waals surface area contributed by atoms with Crippen LogP contribution in [0.1, 0.15) is 5.56 Å². The number of ether oxygens (including phenoxy) is 2. The molecule has 0 amide bonds. The third kappa shape index (κ3) is 5.66. The molecular weight excluding hydrogens is 488 g/mol. The molecule has 0 radical (unpaired) electrons. The van der Waals surface area contributed by atoms with Gasteiger partial charge in [-0.1, -0.05) is 11.6 Å². The van der Waals surface area contributed by atoms with Crippen molar-refractivity contribution in [2.75, 3.05) is 24.4 Å². The Morgan fingerprint density at radius 2 is 1.68 bits per heavy atom. The van der Waals surface area contributed by atoms with Gasteiger partial charge in [-0.2, -0.15) is 5.10 Å². The van der Waals surface area contributed by atoms with Crippen molar-refractivity contribution in [1.82, 2.24) is 0 Å². The number of benzene rings is 3. The van der Waals surface area contributed by atoms with Crippen molar-refractivity contribution in [2.24, 2.45) is 5.10 Å². The van der Waals surface area contributed by atoms with Gasteiger partial charge in [-0.3, -0.25) is 20.3 Å². The smallest absolute Gasteiger partial charge is 0.295 e. The number of nitro groups is 1. The first kappa shape index (κ1) is 24.6. The first-order valence-electron chi connectivity index (χ1n) is 9.45. The molecule has 0 unspecified atom stereocenters. The van der Waals surface area contributed by atoms with E-state index < -0.39 is 20.6 Å². The summed E-state index contributed by atoms with van der Waals surface area (Å²) < 4.78 is 37.8. The maximum Gasteiger partial charge on any atom is 0.295 e. The van der Waals surface area contributed by atoms with Gasteiger partial charge in [0.1, 0.15) is 5.69 Å². The van der Waals surface area contributed by atoms with E-state index in [0.717, 1.165) is 6.07 Å². The lowest BCUT2D eigenvalue weighted by molar-refractivity contribution is -0.384. The summed E-state index contributed by atoms with van der Waals surface area (Å²) in [7, 11) is -1.36. The maximum absolute atomic E-state index is 12.7. The average molecular weight is 507 g/mol. The molecule has 0 aliphatic rings. The number of phenols is 1. The number of aromatic hydroxyl groups is 1. The zero-order valence-corrected chi connectivity index (χ0v) is 19.4. The van der Waals surface area contributed by atoms with Gasteiger partial charge in [0.25, 0.3) is 15.7 Å². The molecule has 0 saturated carbocycles. The summed E-state index contributed by atoms with van der Waals surface area (Å²) >= 11 is 5.80. The first-order chi connectivity index (χ1) is 16.1. The highest BCUT2D eigenvalue weighted by atomic mass is 35.5. The second-order valence-corrected chi connectivity index (χ2v) is 8.81. The number of nitrogens with one attached hydrogen (secondary N) is 2. The summed E-state index contributed by atoms with van der Waals surface area (Å²) in [6.45, 7) is 0. The van der Waals surface area contributed by atoms with Crippen molar-refractivity contribution in [3.05, 3.63) is 75.3 Å². The highest BCUT2D eigenvalue weighted by molar-refractivity contribution is 7.92. The van der Waals surface area contributed by atoms with Gasteiger partial charge in [0.2, 0.25) is 5.75 Å². The van der Waals surface area contributed by atoms with Crippen LogP contribution in [0.25, 0.3) is 0 Å². The number of methoxy groups -OCH3 is 2. The van der Waals surface area contributed by atoms with Gasteiger partial charge in [-0.15, -0.1) is 0 Å². The SMILES string of the molecule is COc1cc(/C=N\Nc2ccc(S(=O)(=O)Nc3ccc(Cl)cc3)cc2[N+](=O)[O-])cc(OC)c1O. The van der Waals surface area contributed by atoms with E-state index in [9.17, 15) is 23.6 Å². The van der Waals surface area contributed by atoms with Crippen LogP contribution in [0.4, 0.5) is 17.1 Å². The van der Waals surface area contributed by atoms with E-state index in [0.29, 0.717) is 10.6 Å². The lowest BCUT2D eigenvalue weighted by Gasteiger charge is -2.10. The Labute approximate surface area is 199 Å². The van der Waals surface area contributed by atoms with E-state index >= 15 is 0 Å². The van der Waals surface area contributed by atoms with Crippen LogP contribution in [0.15, 0.2) is 64.6 Å². The molecule has 0 saturated heterocycles. The van der Waals surface area contributed by atoms with Gasteiger partial charge < -0.3 is 14.6 Å². The quantitative estimate of drug-likeness (QED) is 0.221. The Kier molecular flexibility index (Phi) is 7.44. The number of nitro benzene ring substituents is 1. The number of halogens is 1. The topological polar surface area (TPSA) is 152 Å². The van der Waals surface area contributed by atoms with Crippen LogP contribution in [0.2, 0.25) is 5.02 Å². The number of hydrazone groups is 1. The molecule has 0 spiro atoms. The minimum Gasteiger partial charge on any atom is -0.502 e. The molecular formula is C21H19ClN4O7S. The zero-order chi connectivity index (χ0) is 24.9. The largest absolute Gasteiger partial charge is 0.502 e. The number of sulfonamides is 1. The molecule has 3 N–H and O–H groups in total. The van der Waals surface area contributed by atoms with E-state index in [1.165, 1.54) is 69.0 Å². The Hall–Kier alpha value is -4.03. The van der Waals surface area contributed by atoms with Crippen molar-refractivity contribution < 1.29 is 27.9 Å². The molecule has 3 aromatic rings. The third-order valence-corrected chi connectivity index (χ3v) is 6.10. The second-order valence-electron chi connectivity index (χ2n) is 6.69. The number of phenolic OH excluding ortho intramolecular Hbond substituents is 1. The molecule has 3 aromatic carbocycles. The van der Waals surface area contributed by atoms with E-state index in [4.69, 9.17) is 21.1 Å². The average Bonchev–Trinajstić information content (AvgIpc) is 2.81. The molecule has 0 bridgehead atoms. The van der Waals surface area contributed by atoms with Gasteiger partial charge in [-0.05, 0) is 48.5 Å². The van der Waals surface area contributed by atoms with Crippen LogP contribution in [-0.2, 0) is 10.0 Å². The standard InChI is InChI=1S/C21H19ClN4O7S/c1-32-19-9-13(10-20(33-2)21(19)27)12-23-24-17-8-7-16(11-18(17)26(28)29)34(30,31)25-15-5-3-14(22)4-6-15/h3-12,24-25,27H,1-2H3/b23-12-. The molecule has 13 heteroatoms. The summed E-state index contributed by atoms with van der Waals surface area (Å²) in [6.07, 6.45) is 1.32. The summed E-state index contributed by atoms with van der Waals surface area (Å²) in [4.78, 5) is 10.5. The predicted molar refractivity (Wildman–Crippen MR) is 128 cm³/mol. The minimum atomic E-state index is -4.10. The predicted octanol–water partition coefficient (Wildman–Crippen LogP) is 4.22. The summed E-state index contributed by atoms with van der Waals surface area (Å²) in [5, 5.41) is 25.9. The Bertz CT molecular complexity index is 1320. The number of hydrogen-bond acceptors (Lipinski definition) is 9. The fourth-order valence-electron chi connectivity index (χ4n) is 2.82. The van der Waals surface area contributed by atoms with Crippen molar-refractivity contribution in [3.8, 4) is 17.2 Å². The highest BCUT2D eigenvalue weighted by Gasteiger charge is 2.21. The van der Waals surface area contributed by atoms with Crippen molar-refractivity contribution in [1.29, 1.82) is 0 Å². The van der Waals surface area contributed by atoms with Crippen LogP contribution >= 0.6 is 11.6 Å². The fraction of sp³-hybridized carbons (Fsp3) is 0.0952. The van der Waals surface area contributed by atoms with E-state index in [1.54, 1.807) is 0 Å². The van der Waals surface area contributed by atoms with Crippen molar-refractivity contribution >= 4 is 44.9 Å². The molecule has 0 aliphatic carbocycles. The van der Waals surface area contributed by atoms with Crippen LogP contribution in [-0.4, -0.2) is 38.9 Å². The molecule has 3 rings (SSSR count). The van der Waals surface area contributed by atoms with Gasteiger partial charge in [-0.25, -0.2) is 8.42 Å². The van der Waals surface area contributed by atoms with E-state index in [-0.39, 0.29) is 33.5 Å². The van der Waals surface area contributed by atoms with Gasteiger partial charge in [0.15, 0.2) is 11.5 Å². The molecule has 178 valence electrons. The molecule has 0 fully saturated rings. The molecule has 34 heavy (non-hydrogen) atoms. The number of hydrogen-bond donors (Lipinski definition) is 3. The maximum atomic E-state index is 12.7. The molecule has 0 atom stereocenters. The minimum absolute atomic E-state index is 0.0376. The number of nitrogens with zero attached hydrogens (tertiary/aromatic N) is 2. The van der Waals surface area contributed by atoms with Crippen molar-refractivity contribution in [2.45, 2.75) is 4.90 Å². The fourth-order valence-corrected chi connectivity index (χ4v) is 4.03. The summed E-state index contributed by atoms with van der Waals surface area (Å²) in [6, 6.07) is 12.3. The second kappa shape index (κ2) is 10.3. The lowest BCUT2D eigenvalue weighted by Crippen LogP contribution is -2.13. The normalized spacial score (nSPS) is 11.3. The molecule has 11 nitrogen and oxygen atoms in total. The highest BCUT2D eigenvalue weighted by Crippen LogP contribution is 2.36. The third-order valence-electron chi connectivity index (χ3n) is 4.47. The molecule has 0 heterocycles. The summed E-state index contributed by atoms with van der Waals surface area (Å²) in [5.74, 6) is 0.110. The van der Waals surface area contributed by atoms with E-state index in [1.807, 2.05) is 0 Å². The zero-order valence-electron chi connectivity index (χ0n) is 17.9. The van der Waals surface area contributed by atoms with Gasteiger partial charge in [0, 0.05) is 22.3 Å². The Balaban J connectivity index is 1.85. The lowest BCUT2D eigenvalue weighted by atomic mass is 10.2. The van der Waals surface area contributed by atoms with Crippen molar-refractivity contribution in [3.63, 3.8) is 0 Å². The molecule has 0 aliphatic heterocycles. The monoisotopic (exact) mass is 506 g/mol. The number of anilines is 2.